The summed E-state index contributed by atoms with van der Waals surface area (Å²) in [6.45, 7) is 4.03. The molecule has 2 aromatic carbocycles. The lowest BCUT2D eigenvalue weighted by atomic mass is 10.1. The Morgan fingerprint density at radius 1 is 1.14 bits per heavy atom. The molecule has 0 aromatic heterocycles. The quantitative estimate of drug-likeness (QED) is 0.941. The zero-order valence-corrected chi connectivity index (χ0v) is 12.5. The second kappa shape index (κ2) is 6.50. The summed E-state index contributed by atoms with van der Waals surface area (Å²) < 4.78 is 11.2. The third-order valence-electron chi connectivity index (χ3n) is 3.73. The minimum absolute atomic E-state index is 0.182. The molecular formula is C18H18N2O2. The Balaban J connectivity index is 1.66. The van der Waals surface area contributed by atoms with E-state index in [0.717, 1.165) is 22.6 Å². The third kappa shape index (κ3) is 3.21. The van der Waals surface area contributed by atoms with E-state index in [9.17, 15) is 0 Å². The summed E-state index contributed by atoms with van der Waals surface area (Å²) in [4.78, 5) is 0. The highest BCUT2D eigenvalue weighted by atomic mass is 16.6. The van der Waals surface area contributed by atoms with Gasteiger partial charge in [0.15, 0.2) is 11.5 Å². The van der Waals surface area contributed by atoms with Gasteiger partial charge in [-0.3, -0.25) is 0 Å². The van der Waals surface area contributed by atoms with Gasteiger partial charge in [-0.15, -0.1) is 0 Å². The predicted octanol–water partition coefficient (Wildman–Crippen LogP) is 3.18. The van der Waals surface area contributed by atoms with E-state index >= 15 is 0 Å². The molecule has 1 aliphatic heterocycles. The molecule has 1 unspecified atom stereocenters. The Hall–Kier alpha value is -2.51. The number of rotatable bonds is 4. The molecule has 2 aromatic rings. The van der Waals surface area contributed by atoms with Crippen LogP contribution in [0.4, 0.5) is 0 Å². The molecule has 0 saturated carbocycles. The number of fused-ring (bicyclic) bond motifs is 1. The van der Waals surface area contributed by atoms with E-state index in [1.165, 1.54) is 0 Å². The van der Waals surface area contributed by atoms with Gasteiger partial charge in [0.2, 0.25) is 0 Å². The highest BCUT2D eigenvalue weighted by Gasteiger charge is 2.14. The summed E-state index contributed by atoms with van der Waals surface area (Å²) in [5.74, 6) is 1.62. The fraction of sp³-hybridized carbons (Fsp3) is 0.278. The monoisotopic (exact) mass is 294 g/mol. The molecule has 0 bridgehead atoms. The first-order chi connectivity index (χ1) is 10.8. The van der Waals surface area contributed by atoms with Crippen molar-refractivity contribution in [3.63, 3.8) is 0 Å². The molecule has 0 spiro atoms. The van der Waals surface area contributed by atoms with Crippen LogP contribution in [0.5, 0.6) is 11.5 Å². The maximum absolute atomic E-state index is 8.93. The van der Waals surface area contributed by atoms with E-state index in [-0.39, 0.29) is 6.04 Å². The van der Waals surface area contributed by atoms with E-state index in [2.05, 4.69) is 24.4 Å². The first-order valence-corrected chi connectivity index (χ1v) is 7.38. The highest BCUT2D eigenvalue weighted by molar-refractivity contribution is 5.44. The number of benzene rings is 2. The molecule has 0 amide bonds. The van der Waals surface area contributed by atoms with Crippen LogP contribution in [0.15, 0.2) is 42.5 Å². The average Bonchev–Trinajstić information content (AvgIpc) is 2.59. The molecular weight excluding hydrogens is 276 g/mol. The molecule has 4 heteroatoms. The predicted molar refractivity (Wildman–Crippen MR) is 83.8 cm³/mol. The molecule has 0 aliphatic carbocycles. The van der Waals surface area contributed by atoms with Gasteiger partial charge in [-0.2, -0.15) is 5.26 Å². The van der Waals surface area contributed by atoms with Crippen molar-refractivity contribution in [3.05, 3.63) is 59.2 Å². The van der Waals surface area contributed by atoms with Gasteiger partial charge < -0.3 is 14.8 Å². The second-order valence-corrected chi connectivity index (χ2v) is 5.32. The van der Waals surface area contributed by atoms with Gasteiger partial charge in [0, 0.05) is 12.6 Å². The summed E-state index contributed by atoms with van der Waals surface area (Å²) >= 11 is 0. The Morgan fingerprint density at radius 2 is 1.95 bits per heavy atom. The van der Waals surface area contributed by atoms with Gasteiger partial charge in [0.1, 0.15) is 13.2 Å². The van der Waals surface area contributed by atoms with Crippen LogP contribution in [-0.4, -0.2) is 13.2 Å². The third-order valence-corrected chi connectivity index (χ3v) is 3.73. The molecule has 4 nitrogen and oxygen atoms in total. The van der Waals surface area contributed by atoms with Crippen LogP contribution in [0.3, 0.4) is 0 Å². The van der Waals surface area contributed by atoms with Crippen molar-refractivity contribution in [2.24, 2.45) is 0 Å². The van der Waals surface area contributed by atoms with Crippen molar-refractivity contribution in [2.45, 2.75) is 19.5 Å². The smallest absolute Gasteiger partial charge is 0.161 e. The highest BCUT2D eigenvalue weighted by Crippen LogP contribution is 2.32. The minimum Gasteiger partial charge on any atom is -0.486 e. The zero-order valence-electron chi connectivity index (χ0n) is 12.5. The van der Waals surface area contributed by atoms with E-state index in [0.29, 0.717) is 25.3 Å². The van der Waals surface area contributed by atoms with Crippen molar-refractivity contribution >= 4 is 0 Å². The maximum atomic E-state index is 8.93. The SMILES string of the molecule is CC(NCc1cccc(C#N)c1)c1ccc2c(c1)OCCO2. The number of nitriles is 1. The number of nitrogens with one attached hydrogen (secondary N) is 1. The molecule has 1 atom stereocenters. The van der Waals surface area contributed by atoms with Crippen LogP contribution in [0, 0.1) is 11.3 Å². The topological polar surface area (TPSA) is 54.3 Å². The van der Waals surface area contributed by atoms with Crippen LogP contribution in [0.25, 0.3) is 0 Å². The zero-order chi connectivity index (χ0) is 15.4. The van der Waals surface area contributed by atoms with E-state index < -0.39 is 0 Å². The van der Waals surface area contributed by atoms with Crippen molar-refractivity contribution in [1.29, 1.82) is 5.26 Å². The van der Waals surface area contributed by atoms with Gasteiger partial charge >= 0.3 is 0 Å². The van der Waals surface area contributed by atoms with Crippen LogP contribution >= 0.6 is 0 Å². The Labute approximate surface area is 130 Å². The first kappa shape index (κ1) is 14.4. The van der Waals surface area contributed by atoms with Crippen LogP contribution < -0.4 is 14.8 Å². The fourth-order valence-electron chi connectivity index (χ4n) is 2.47. The van der Waals surface area contributed by atoms with Crippen LogP contribution in [0.1, 0.15) is 29.7 Å². The minimum atomic E-state index is 0.182. The van der Waals surface area contributed by atoms with E-state index in [4.69, 9.17) is 14.7 Å². The molecule has 0 radical (unpaired) electrons. The Bertz CT molecular complexity index is 706. The van der Waals surface area contributed by atoms with Gasteiger partial charge in [-0.1, -0.05) is 18.2 Å². The maximum Gasteiger partial charge on any atom is 0.161 e. The standard InChI is InChI=1S/C18H18N2O2/c1-13(20-12-15-4-2-3-14(9-15)11-19)16-5-6-17-18(10-16)22-8-7-21-17/h2-6,9-10,13,20H,7-8,12H2,1H3. The normalized spacial score (nSPS) is 14.2. The Morgan fingerprint density at radius 3 is 2.77 bits per heavy atom. The lowest BCUT2D eigenvalue weighted by Gasteiger charge is -2.21. The van der Waals surface area contributed by atoms with Gasteiger partial charge in [0.05, 0.1) is 11.6 Å². The van der Waals surface area contributed by atoms with Gasteiger partial charge in [-0.25, -0.2) is 0 Å². The summed E-state index contributed by atoms with van der Waals surface area (Å²) in [5, 5.41) is 12.4. The molecule has 0 saturated heterocycles. The second-order valence-electron chi connectivity index (χ2n) is 5.32. The number of hydrogen-bond donors (Lipinski definition) is 1. The fourth-order valence-corrected chi connectivity index (χ4v) is 2.47. The van der Waals surface area contributed by atoms with Crippen LogP contribution in [-0.2, 0) is 6.54 Å². The molecule has 112 valence electrons. The van der Waals surface area contributed by atoms with Crippen molar-refractivity contribution in [2.75, 3.05) is 13.2 Å². The van der Waals surface area contributed by atoms with E-state index in [1.54, 1.807) is 0 Å². The summed E-state index contributed by atoms with van der Waals surface area (Å²) in [6, 6.07) is 16.0. The van der Waals surface area contributed by atoms with Gasteiger partial charge in [-0.05, 0) is 42.3 Å². The van der Waals surface area contributed by atoms with Crippen molar-refractivity contribution < 1.29 is 9.47 Å². The number of nitrogens with zero attached hydrogens (tertiary/aromatic N) is 1. The largest absolute Gasteiger partial charge is 0.486 e. The van der Waals surface area contributed by atoms with Crippen LogP contribution in [0.2, 0.25) is 0 Å². The summed E-state index contributed by atoms with van der Waals surface area (Å²) in [6.07, 6.45) is 0. The molecule has 1 heterocycles. The van der Waals surface area contributed by atoms with Gasteiger partial charge in [0.25, 0.3) is 0 Å². The first-order valence-electron chi connectivity index (χ1n) is 7.38. The lowest BCUT2D eigenvalue weighted by molar-refractivity contribution is 0.171. The van der Waals surface area contributed by atoms with Crippen molar-refractivity contribution in [3.8, 4) is 17.6 Å². The molecule has 22 heavy (non-hydrogen) atoms. The molecule has 0 fully saturated rings. The molecule has 1 N–H and O–H groups in total. The summed E-state index contributed by atoms with van der Waals surface area (Å²) in [5.41, 5.74) is 2.94. The molecule has 1 aliphatic rings. The average molecular weight is 294 g/mol. The lowest BCUT2D eigenvalue weighted by Crippen LogP contribution is -2.19. The Kier molecular flexibility index (Phi) is 4.27. The number of hydrogen-bond acceptors (Lipinski definition) is 4. The molecule has 3 rings (SSSR count). The summed E-state index contributed by atoms with van der Waals surface area (Å²) in [7, 11) is 0. The number of ether oxygens (including phenoxy) is 2. The van der Waals surface area contributed by atoms with Crippen molar-refractivity contribution in [1.82, 2.24) is 5.32 Å². The van der Waals surface area contributed by atoms with E-state index in [1.807, 2.05) is 36.4 Å².